The third kappa shape index (κ3) is 4.06. The maximum Gasteiger partial charge on any atom is 0.289 e. The fourth-order valence-corrected chi connectivity index (χ4v) is 2.23. The van der Waals surface area contributed by atoms with Crippen LogP contribution in [0.3, 0.4) is 0 Å². The molecule has 0 aliphatic heterocycles. The SMILES string of the molecule is C=C/C=C\C(=C\[N+](=O)O)c1c[nH]c(=C/C=C)/c1=C\I. The van der Waals surface area contributed by atoms with Crippen molar-refractivity contribution in [2.45, 2.75) is 0 Å². The van der Waals surface area contributed by atoms with E-state index in [0.29, 0.717) is 5.57 Å². The van der Waals surface area contributed by atoms with Crippen molar-refractivity contribution in [3.63, 3.8) is 0 Å². The van der Waals surface area contributed by atoms with Crippen LogP contribution in [0.15, 0.2) is 49.9 Å². The van der Waals surface area contributed by atoms with Gasteiger partial charge in [0.15, 0.2) is 0 Å². The molecule has 1 rings (SSSR count). The Morgan fingerprint density at radius 2 is 2.16 bits per heavy atom. The molecule has 0 fully saturated rings. The minimum absolute atomic E-state index is 0.219. The topological polar surface area (TPSA) is 56.1 Å². The Morgan fingerprint density at radius 1 is 1.42 bits per heavy atom. The minimum Gasteiger partial charge on any atom is -0.361 e. The maximum atomic E-state index is 10.8. The van der Waals surface area contributed by atoms with E-state index in [0.717, 1.165) is 22.3 Å². The Morgan fingerprint density at radius 3 is 2.68 bits per heavy atom. The number of aromatic nitrogens is 1. The van der Waals surface area contributed by atoms with Crippen LogP contribution in [0.25, 0.3) is 15.7 Å². The predicted octanol–water partition coefficient (Wildman–Crippen LogP) is 2.41. The Kier molecular flexibility index (Phi) is 6.01. The molecule has 1 heterocycles. The molecule has 0 saturated heterocycles. The summed E-state index contributed by atoms with van der Waals surface area (Å²) in [6, 6.07) is 0. The molecule has 4 nitrogen and oxygen atoms in total. The third-order valence-corrected chi connectivity index (χ3v) is 2.94. The van der Waals surface area contributed by atoms with Gasteiger partial charge in [0, 0.05) is 22.3 Å². The highest BCUT2D eigenvalue weighted by Crippen LogP contribution is 2.11. The molecule has 0 unspecified atom stereocenters. The Balaban J connectivity index is 3.53. The molecule has 0 atom stereocenters. The van der Waals surface area contributed by atoms with Gasteiger partial charge >= 0.3 is 0 Å². The lowest BCUT2D eigenvalue weighted by Gasteiger charge is -1.93. The van der Waals surface area contributed by atoms with E-state index in [2.05, 4.69) is 40.7 Å². The fourth-order valence-electron chi connectivity index (χ4n) is 1.56. The highest BCUT2D eigenvalue weighted by atomic mass is 127. The van der Waals surface area contributed by atoms with Crippen LogP contribution in [0.2, 0.25) is 0 Å². The van der Waals surface area contributed by atoms with Crippen molar-refractivity contribution in [1.29, 1.82) is 0 Å². The maximum absolute atomic E-state index is 10.8. The summed E-state index contributed by atoms with van der Waals surface area (Å²) in [6.45, 7) is 7.23. The van der Waals surface area contributed by atoms with Crippen molar-refractivity contribution < 1.29 is 10.1 Å². The lowest BCUT2D eigenvalue weighted by molar-refractivity contribution is -0.741. The van der Waals surface area contributed by atoms with E-state index in [4.69, 9.17) is 5.21 Å². The summed E-state index contributed by atoms with van der Waals surface area (Å²) in [5.41, 5.74) is 1.37. The van der Waals surface area contributed by atoms with Gasteiger partial charge in [-0.25, -0.2) is 5.21 Å². The molecule has 2 N–H and O–H groups in total. The van der Waals surface area contributed by atoms with E-state index in [1.807, 2.05) is 10.2 Å². The first kappa shape index (κ1) is 15.2. The number of H-pyrrole nitrogens is 1. The van der Waals surface area contributed by atoms with Crippen molar-refractivity contribution in [2.75, 3.05) is 0 Å². The molecule has 0 aromatic carbocycles. The van der Waals surface area contributed by atoms with Crippen LogP contribution >= 0.6 is 22.6 Å². The molecule has 0 bridgehead atoms. The molecule has 0 aliphatic rings. The van der Waals surface area contributed by atoms with Gasteiger partial charge in [-0.15, -0.1) is 0 Å². The number of rotatable bonds is 5. The summed E-state index contributed by atoms with van der Waals surface area (Å²) in [5, 5.41) is 10.7. The Labute approximate surface area is 124 Å². The minimum atomic E-state index is -0.219. The fraction of sp³-hybridized carbons (Fsp3) is 0. The highest BCUT2D eigenvalue weighted by molar-refractivity contribution is 14.1. The average molecular weight is 369 g/mol. The first-order chi connectivity index (χ1) is 9.13. The first-order valence-electron chi connectivity index (χ1n) is 5.41. The Hall–Kier alpha value is -1.89. The van der Waals surface area contributed by atoms with Crippen molar-refractivity contribution >= 4 is 38.3 Å². The number of nitrogens with one attached hydrogen (secondary N) is 1. The van der Waals surface area contributed by atoms with Crippen LogP contribution in [-0.4, -0.2) is 15.1 Å². The molecule has 0 saturated carbocycles. The average Bonchev–Trinajstić information content (AvgIpc) is 2.77. The summed E-state index contributed by atoms with van der Waals surface area (Å²) in [4.78, 5) is 13.7. The van der Waals surface area contributed by atoms with Gasteiger partial charge in [-0.1, -0.05) is 54.0 Å². The van der Waals surface area contributed by atoms with Crippen LogP contribution in [0.1, 0.15) is 5.56 Å². The normalized spacial score (nSPS) is 14.1. The van der Waals surface area contributed by atoms with E-state index in [-0.39, 0.29) is 4.92 Å². The van der Waals surface area contributed by atoms with Crippen LogP contribution in [0.4, 0.5) is 0 Å². The number of aromatic amines is 1. The second-order valence-electron chi connectivity index (χ2n) is 3.52. The predicted molar refractivity (Wildman–Crippen MR) is 85.9 cm³/mol. The summed E-state index contributed by atoms with van der Waals surface area (Å²) >= 11 is 2.12. The van der Waals surface area contributed by atoms with Crippen molar-refractivity contribution in [3.8, 4) is 0 Å². The van der Waals surface area contributed by atoms with E-state index >= 15 is 0 Å². The van der Waals surface area contributed by atoms with Gasteiger partial charge in [0.25, 0.3) is 6.20 Å². The largest absolute Gasteiger partial charge is 0.361 e. The molecule has 5 heteroatoms. The lowest BCUT2D eigenvalue weighted by atomic mass is 10.1. The van der Waals surface area contributed by atoms with E-state index in [1.165, 1.54) is 0 Å². The Bertz CT molecular complexity index is 666. The summed E-state index contributed by atoms with van der Waals surface area (Å²) in [5.74, 6) is 0. The zero-order valence-electron chi connectivity index (χ0n) is 10.2. The lowest BCUT2D eigenvalue weighted by Crippen LogP contribution is -2.23. The van der Waals surface area contributed by atoms with Crippen LogP contribution in [0, 0.1) is 4.91 Å². The van der Waals surface area contributed by atoms with Crippen LogP contribution in [0.5, 0.6) is 0 Å². The zero-order chi connectivity index (χ0) is 14.3. The molecular formula is C14H14IN2O2+. The zero-order valence-corrected chi connectivity index (χ0v) is 12.4. The molecule has 1 aromatic rings. The van der Waals surface area contributed by atoms with Gasteiger partial charge in [-0.3, -0.25) is 0 Å². The number of nitrogens with zero attached hydrogens (tertiary/aromatic N) is 1. The molecule has 0 spiro atoms. The smallest absolute Gasteiger partial charge is 0.289 e. The molecule has 0 aliphatic carbocycles. The second-order valence-corrected chi connectivity index (χ2v) is 4.15. The van der Waals surface area contributed by atoms with Crippen LogP contribution in [-0.2, 0) is 0 Å². The van der Waals surface area contributed by atoms with Gasteiger partial charge in [0.2, 0.25) is 4.92 Å². The quantitative estimate of drug-likeness (QED) is 0.476. The number of halogens is 1. The molecule has 98 valence electrons. The third-order valence-electron chi connectivity index (χ3n) is 2.32. The first-order valence-corrected chi connectivity index (χ1v) is 6.65. The van der Waals surface area contributed by atoms with Crippen molar-refractivity contribution in [3.05, 3.63) is 70.9 Å². The van der Waals surface area contributed by atoms with Gasteiger partial charge in [0.1, 0.15) is 0 Å². The summed E-state index contributed by atoms with van der Waals surface area (Å²) < 4.78 is 1.89. The molecule has 0 radical (unpaired) electrons. The highest BCUT2D eigenvalue weighted by Gasteiger charge is 2.09. The number of hydrogen-bond acceptors (Lipinski definition) is 1. The standard InChI is InChI=1S/C14H14IN2O2/c1-3-5-7-11(10-17(18)19)13-9-16-14(6-4-2)12(13)8-15/h3-10,16H,1-2H2,(H,18,19)/q+1/b7-5-,11-10-,12-8-,14-6+. The molecule has 19 heavy (non-hydrogen) atoms. The second kappa shape index (κ2) is 7.52. The van der Waals surface area contributed by atoms with Gasteiger partial charge < -0.3 is 4.98 Å². The van der Waals surface area contributed by atoms with Crippen LogP contribution < -0.4 is 10.6 Å². The monoisotopic (exact) mass is 369 g/mol. The van der Waals surface area contributed by atoms with Gasteiger partial charge in [-0.05, 0) is 16.2 Å². The van der Waals surface area contributed by atoms with E-state index in [9.17, 15) is 4.91 Å². The van der Waals surface area contributed by atoms with Crippen molar-refractivity contribution in [1.82, 2.24) is 4.98 Å². The van der Waals surface area contributed by atoms with E-state index < -0.39 is 0 Å². The molecule has 1 aromatic heterocycles. The molecule has 0 amide bonds. The number of hydrogen-bond donors (Lipinski definition) is 2. The summed E-state index contributed by atoms with van der Waals surface area (Å²) in [6.07, 6.45) is 11.3. The number of allylic oxidation sites excluding steroid dienone is 5. The van der Waals surface area contributed by atoms with E-state index in [1.54, 1.807) is 30.5 Å². The van der Waals surface area contributed by atoms with Crippen molar-refractivity contribution in [2.24, 2.45) is 0 Å². The summed E-state index contributed by atoms with van der Waals surface area (Å²) in [7, 11) is 0. The van der Waals surface area contributed by atoms with Gasteiger partial charge in [-0.2, -0.15) is 0 Å². The molecular weight excluding hydrogens is 355 g/mol. The van der Waals surface area contributed by atoms with Gasteiger partial charge in [0.05, 0.1) is 10.5 Å².